The number of aliphatic hydroxyl groups is 1. The van der Waals surface area contributed by atoms with Gasteiger partial charge in [0.1, 0.15) is 18.1 Å². The molecule has 0 fully saturated rings. The van der Waals surface area contributed by atoms with Gasteiger partial charge in [-0.3, -0.25) is 0 Å². The van der Waals surface area contributed by atoms with E-state index in [4.69, 9.17) is 14.4 Å². The van der Waals surface area contributed by atoms with Crippen LogP contribution in [0.15, 0.2) is 28.8 Å². The predicted octanol–water partition coefficient (Wildman–Crippen LogP) is 2.19. The summed E-state index contributed by atoms with van der Waals surface area (Å²) in [4.78, 5) is 0. The third-order valence-electron chi connectivity index (χ3n) is 2.26. The topological polar surface area (TPSA) is 55.5 Å². The van der Waals surface area contributed by atoms with Crippen molar-refractivity contribution < 1.29 is 18.8 Å². The van der Waals surface area contributed by atoms with E-state index in [2.05, 4.69) is 5.16 Å². The minimum absolute atomic E-state index is 0.0515. The number of nitrogens with zero attached hydrogens (tertiary/aromatic N) is 1. The number of halogens is 1. The van der Waals surface area contributed by atoms with Gasteiger partial charge in [-0.15, -0.1) is 0 Å². The average Bonchev–Trinajstić information content (AvgIpc) is 2.73. The minimum Gasteiger partial charge on any atom is -0.484 e. The highest BCUT2D eigenvalue weighted by Gasteiger charge is 2.10. The van der Waals surface area contributed by atoms with Crippen LogP contribution in [0.4, 0.5) is 4.39 Å². The quantitative estimate of drug-likeness (QED) is 0.885. The second kappa shape index (κ2) is 4.97. The van der Waals surface area contributed by atoms with Crippen LogP contribution < -0.4 is 4.74 Å². The summed E-state index contributed by atoms with van der Waals surface area (Å²) < 4.78 is 23.6. The van der Waals surface area contributed by atoms with Crippen molar-refractivity contribution >= 4 is 0 Å². The van der Waals surface area contributed by atoms with Gasteiger partial charge >= 0.3 is 0 Å². The van der Waals surface area contributed by atoms with Crippen LogP contribution in [0.3, 0.4) is 0 Å². The van der Waals surface area contributed by atoms with Gasteiger partial charge < -0.3 is 14.4 Å². The maximum atomic E-state index is 13.5. The van der Waals surface area contributed by atoms with E-state index in [1.54, 1.807) is 19.1 Å². The summed E-state index contributed by atoms with van der Waals surface area (Å²) in [6.45, 7) is 1.59. The lowest BCUT2D eigenvalue weighted by molar-refractivity contribution is 0.246. The molecule has 0 bridgehead atoms. The number of aromatic nitrogens is 1. The van der Waals surface area contributed by atoms with Gasteiger partial charge in [0, 0.05) is 11.6 Å². The molecule has 2 rings (SSSR count). The first kappa shape index (κ1) is 11.6. The smallest absolute Gasteiger partial charge is 0.165 e. The van der Waals surface area contributed by atoms with Crippen molar-refractivity contribution in [3.63, 3.8) is 0 Å². The fourth-order valence-electron chi connectivity index (χ4n) is 1.47. The van der Waals surface area contributed by atoms with Gasteiger partial charge in [-0.05, 0) is 13.0 Å². The maximum Gasteiger partial charge on any atom is 0.165 e. The van der Waals surface area contributed by atoms with Crippen molar-refractivity contribution in [1.29, 1.82) is 0 Å². The molecule has 0 saturated carbocycles. The van der Waals surface area contributed by atoms with E-state index < -0.39 is 5.82 Å². The molecule has 2 aromatic rings. The van der Waals surface area contributed by atoms with Crippen LogP contribution in [-0.2, 0) is 13.2 Å². The molecular weight excluding hydrogens is 225 g/mol. The van der Waals surface area contributed by atoms with Crippen molar-refractivity contribution in [2.45, 2.75) is 20.1 Å². The Kier molecular flexibility index (Phi) is 3.39. The largest absolute Gasteiger partial charge is 0.484 e. The number of aryl methyl sites for hydroxylation is 1. The van der Waals surface area contributed by atoms with Gasteiger partial charge in [0.25, 0.3) is 0 Å². The molecule has 0 radical (unpaired) electrons. The first-order valence-corrected chi connectivity index (χ1v) is 5.14. The van der Waals surface area contributed by atoms with Crippen LogP contribution in [0.2, 0.25) is 0 Å². The van der Waals surface area contributed by atoms with Gasteiger partial charge in [-0.25, -0.2) is 4.39 Å². The zero-order chi connectivity index (χ0) is 12.3. The molecule has 0 amide bonds. The molecule has 0 aliphatic heterocycles. The molecule has 0 aliphatic carbocycles. The van der Waals surface area contributed by atoms with E-state index in [-0.39, 0.29) is 19.0 Å². The van der Waals surface area contributed by atoms with Crippen LogP contribution >= 0.6 is 0 Å². The molecule has 0 atom stereocenters. The molecule has 90 valence electrons. The zero-order valence-electron chi connectivity index (χ0n) is 9.31. The monoisotopic (exact) mass is 237 g/mol. The molecule has 0 aliphatic rings. The number of ether oxygens (including phenoxy) is 1. The number of rotatable bonds is 4. The van der Waals surface area contributed by atoms with Crippen molar-refractivity contribution in [1.82, 2.24) is 5.16 Å². The highest BCUT2D eigenvalue weighted by molar-refractivity contribution is 5.34. The standard InChI is InChI=1S/C12H12FNO3/c1-8-5-10(14-17-8)7-16-12-9(6-15)3-2-4-11(12)13/h2-5,15H,6-7H2,1H3. The van der Waals surface area contributed by atoms with E-state index in [0.717, 1.165) is 0 Å². The molecule has 1 heterocycles. The molecule has 1 aromatic carbocycles. The Bertz CT molecular complexity index is 510. The molecule has 1 aromatic heterocycles. The molecule has 0 saturated heterocycles. The van der Waals surface area contributed by atoms with Crippen LogP contribution in [0.5, 0.6) is 5.75 Å². The highest BCUT2D eigenvalue weighted by Crippen LogP contribution is 2.23. The first-order chi connectivity index (χ1) is 8.20. The van der Waals surface area contributed by atoms with E-state index in [1.165, 1.54) is 12.1 Å². The molecule has 0 unspecified atom stereocenters. The molecule has 5 heteroatoms. The summed E-state index contributed by atoms with van der Waals surface area (Å²) in [7, 11) is 0. The van der Waals surface area contributed by atoms with Crippen LogP contribution in [0.1, 0.15) is 17.0 Å². The second-order valence-electron chi connectivity index (χ2n) is 3.60. The van der Waals surface area contributed by atoms with Crippen LogP contribution in [0, 0.1) is 12.7 Å². The van der Waals surface area contributed by atoms with Gasteiger partial charge in [0.15, 0.2) is 11.6 Å². The first-order valence-electron chi connectivity index (χ1n) is 5.14. The third-order valence-corrected chi connectivity index (χ3v) is 2.26. The lowest BCUT2D eigenvalue weighted by Crippen LogP contribution is -2.01. The highest BCUT2D eigenvalue weighted by atomic mass is 19.1. The van der Waals surface area contributed by atoms with Crippen molar-refractivity contribution in [3.05, 3.63) is 47.1 Å². The van der Waals surface area contributed by atoms with E-state index in [9.17, 15) is 4.39 Å². The van der Waals surface area contributed by atoms with E-state index in [0.29, 0.717) is 17.0 Å². The SMILES string of the molecule is Cc1cc(COc2c(F)cccc2CO)no1. The van der Waals surface area contributed by atoms with E-state index >= 15 is 0 Å². The lowest BCUT2D eigenvalue weighted by Gasteiger charge is -2.09. The third kappa shape index (κ3) is 2.62. The number of aliphatic hydroxyl groups excluding tert-OH is 1. The zero-order valence-corrected chi connectivity index (χ0v) is 9.31. The Morgan fingerprint density at radius 3 is 2.94 bits per heavy atom. The summed E-state index contributed by atoms with van der Waals surface area (Å²) in [6, 6.07) is 6.11. The summed E-state index contributed by atoms with van der Waals surface area (Å²) in [5, 5.41) is 12.8. The molecule has 0 spiro atoms. The van der Waals surface area contributed by atoms with Gasteiger partial charge in [-0.1, -0.05) is 17.3 Å². The van der Waals surface area contributed by atoms with Crippen LogP contribution in [-0.4, -0.2) is 10.3 Å². The summed E-state index contributed by atoms with van der Waals surface area (Å²) in [5.41, 5.74) is 0.986. The molecule has 1 N–H and O–H groups in total. The lowest BCUT2D eigenvalue weighted by atomic mass is 10.2. The summed E-state index contributed by atoms with van der Waals surface area (Å²) in [5.74, 6) is 0.215. The van der Waals surface area contributed by atoms with Crippen molar-refractivity contribution in [3.8, 4) is 5.75 Å². The summed E-state index contributed by atoms with van der Waals surface area (Å²) in [6.07, 6.45) is 0. The van der Waals surface area contributed by atoms with E-state index in [1.807, 2.05) is 0 Å². The second-order valence-corrected chi connectivity index (χ2v) is 3.60. The van der Waals surface area contributed by atoms with Gasteiger partial charge in [0.2, 0.25) is 0 Å². The number of benzene rings is 1. The number of hydrogen-bond acceptors (Lipinski definition) is 4. The Morgan fingerprint density at radius 1 is 1.47 bits per heavy atom. The van der Waals surface area contributed by atoms with Crippen molar-refractivity contribution in [2.24, 2.45) is 0 Å². The van der Waals surface area contributed by atoms with Crippen LogP contribution in [0.25, 0.3) is 0 Å². The van der Waals surface area contributed by atoms with Gasteiger partial charge in [-0.2, -0.15) is 0 Å². The minimum atomic E-state index is -0.503. The van der Waals surface area contributed by atoms with Crippen molar-refractivity contribution in [2.75, 3.05) is 0 Å². The summed E-state index contributed by atoms with van der Waals surface area (Å²) >= 11 is 0. The molecule has 17 heavy (non-hydrogen) atoms. The molecule has 4 nitrogen and oxygen atoms in total. The fraction of sp³-hybridized carbons (Fsp3) is 0.250. The Labute approximate surface area is 97.6 Å². The average molecular weight is 237 g/mol. The Balaban J connectivity index is 2.13. The van der Waals surface area contributed by atoms with Gasteiger partial charge in [0.05, 0.1) is 6.61 Å². The maximum absolute atomic E-state index is 13.5. The normalized spacial score (nSPS) is 10.5. The predicted molar refractivity (Wildman–Crippen MR) is 57.9 cm³/mol. The number of hydrogen-bond donors (Lipinski definition) is 1. The fourth-order valence-corrected chi connectivity index (χ4v) is 1.47. The Morgan fingerprint density at radius 2 is 2.29 bits per heavy atom. The molecular formula is C12H12FNO3. The number of para-hydroxylation sites is 1. The Hall–Kier alpha value is -1.88.